The Hall–Kier alpha value is -0.610. The fourth-order valence-electron chi connectivity index (χ4n) is 2.11. The highest BCUT2D eigenvalue weighted by molar-refractivity contribution is 5.81. The van der Waals surface area contributed by atoms with Crippen LogP contribution < -0.4 is 11.1 Å². The van der Waals surface area contributed by atoms with E-state index in [0.29, 0.717) is 11.8 Å². The van der Waals surface area contributed by atoms with Gasteiger partial charge in [-0.1, -0.05) is 27.7 Å². The first-order chi connectivity index (χ1) is 8.22. The molecule has 0 fully saturated rings. The Balaban J connectivity index is 4.33. The van der Waals surface area contributed by atoms with E-state index in [4.69, 9.17) is 5.73 Å². The van der Waals surface area contributed by atoms with Crippen molar-refractivity contribution in [3.05, 3.63) is 0 Å². The Morgan fingerprint density at radius 2 is 1.61 bits per heavy atom. The van der Waals surface area contributed by atoms with Crippen LogP contribution in [0, 0.1) is 11.8 Å². The van der Waals surface area contributed by atoms with Crippen LogP contribution in [-0.4, -0.2) is 43.5 Å². The molecular formula is C14H31N3O. The van der Waals surface area contributed by atoms with Gasteiger partial charge in [0.25, 0.3) is 0 Å². The highest BCUT2D eigenvalue weighted by atomic mass is 16.2. The largest absolute Gasteiger partial charge is 0.351 e. The second kappa shape index (κ2) is 8.48. The van der Waals surface area contributed by atoms with Crippen LogP contribution in [0.5, 0.6) is 0 Å². The summed E-state index contributed by atoms with van der Waals surface area (Å²) in [5.41, 5.74) is 5.90. The van der Waals surface area contributed by atoms with Crippen molar-refractivity contribution in [2.75, 3.05) is 20.6 Å². The van der Waals surface area contributed by atoms with Crippen molar-refractivity contribution in [2.45, 2.75) is 52.6 Å². The zero-order chi connectivity index (χ0) is 14.3. The Morgan fingerprint density at radius 3 is 2.00 bits per heavy atom. The van der Waals surface area contributed by atoms with Gasteiger partial charge in [-0.05, 0) is 38.8 Å². The van der Waals surface area contributed by atoms with Crippen molar-refractivity contribution in [1.29, 1.82) is 0 Å². The number of amides is 1. The minimum atomic E-state index is -0.387. The number of hydrogen-bond donors (Lipinski definition) is 2. The average Bonchev–Trinajstić information content (AvgIpc) is 2.13. The Bertz CT molecular complexity index is 229. The Kier molecular flexibility index (Phi) is 8.20. The first-order valence-electron chi connectivity index (χ1n) is 6.93. The molecule has 0 aromatic rings. The van der Waals surface area contributed by atoms with Gasteiger partial charge in [0.1, 0.15) is 0 Å². The van der Waals surface area contributed by atoms with Gasteiger partial charge in [-0.25, -0.2) is 0 Å². The van der Waals surface area contributed by atoms with Crippen molar-refractivity contribution in [2.24, 2.45) is 17.6 Å². The zero-order valence-corrected chi connectivity index (χ0v) is 12.9. The molecule has 1 amide bonds. The van der Waals surface area contributed by atoms with Crippen molar-refractivity contribution < 1.29 is 4.79 Å². The normalized spacial score (nSPS) is 15.2. The molecule has 108 valence electrons. The standard InChI is InChI=1S/C14H31N3O/c1-10(2)7-12(9-17(5)6)16-14(18)13(15)8-11(3)4/h10-13H,7-9,15H2,1-6H3,(H,16,18)/t12?,13-/m1/s1. The molecule has 0 spiro atoms. The third-order valence-corrected chi connectivity index (χ3v) is 2.75. The van der Waals surface area contributed by atoms with E-state index in [1.165, 1.54) is 0 Å². The Morgan fingerprint density at radius 1 is 1.11 bits per heavy atom. The lowest BCUT2D eigenvalue weighted by Gasteiger charge is -2.25. The maximum atomic E-state index is 12.0. The maximum Gasteiger partial charge on any atom is 0.237 e. The van der Waals surface area contributed by atoms with Gasteiger partial charge in [-0.2, -0.15) is 0 Å². The number of nitrogens with one attached hydrogen (secondary N) is 1. The monoisotopic (exact) mass is 257 g/mol. The average molecular weight is 257 g/mol. The molecular weight excluding hydrogens is 226 g/mol. The van der Waals surface area contributed by atoms with Crippen molar-refractivity contribution in [3.63, 3.8) is 0 Å². The molecule has 3 N–H and O–H groups in total. The summed E-state index contributed by atoms with van der Waals surface area (Å²) in [6, 6.07) is -0.201. The van der Waals surface area contributed by atoms with Crippen LogP contribution in [-0.2, 0) is 4.79 Å². The molecule has 0 aromatic heterocycles. The number of hydrogen-bond acceptors (Lipinski definition) is 3. The topological polar surface area (TPSA) is 58.4 Å². The number of nitrogens with two attached hydrogens (primary N) is 1. The molecule has 4 heteroatoms. The molecule has 0 aliphatic carbocycles. The number of rotatable bonds is 8. The number of nitrogens with zero attached hydrogens (tertiary/aromatic N) is 1. The number of carbonyl (C=O) groups excluding carboxylic acids is 1. The molecule has 18 heavy (non-hydrogen) atoms. The summed E-state index contributed by atoms with van der Waals surface area (Å²) in [5.74, 6) is 0.996. The van der Waals surface area contributed by atoms with Crippen LogP contribution in [0.15, 0.2) is 0 Å². The van der Waals surface area contributed by atoms with Crippen LogP contribution in [0.4, 0.5) is 0 Å². The lowest BCUT2D eigenvalue weighted by Crippen LogP contribution is -2.49. The summed E-state index contributed by atoms with van der Waals surface area (Å²) in [6.07, 6.45) is 1.72. The van der Waals surface area contributed by atoms with Crippen LogP contribution in [0.2, 0.25) is 0 Å². The molecule has 0 aliphatic heterocycles. The second-order valence-electron chi connectivity index (χ2n) is 6.33. The summed E-state index contributed by atoms with van der Waals surface area (Å²) >= 11 is 0. The van der Waals surface area contributed by atoms with E-state index in [9.17, 15) is 4.79 Å². The van der Waals surface area contributed by atoms with Gasteiger partial charge in [0.2, 0.25) is 5.91 Å². The molecule has 0 radical (unpaired) electrons. The first kappa shape index (κ1) is 17.4. The molecule has 2 atom stereocenters. The SMILES string of the molecule is CC(C)CC(CN(C)C)NC(=O)[C@H](N)CC(C)C. The minimum Gasteiger partial charge on any atom is -0.351 e. The molecule has 0 saturated heterocycles. The highest BCUT2D eigenvalue weighted by Crippen LogP contribution is 2.07. The van der Waals surface area contributed by atoms with Gasteiger partial charge in [0.15, 0.2) is 0 Å². The van der Waals surface area contributed by atoms with Crippen molar-refractivity contribution in [1.82, 2.24) is 10.2 Å². The van der Waals surface area contributed by atoms with Gasteiger partial charge in [-0.15, -0.1) is 0 Å². The van der Waals surface area contributed by atoms with Gasteiger partial charge >= 0.3 is 0 Å². The zero-order valence-electron chi connectivity index (χ0n) is 12.9. The van der Waals surface area contributed by atoms with Gasteiger partial charge < -0.3 is 16.0 Å². The van der Waals surface area contributed by atoms with Crippen LogP contribution in [0.25, 0.3) is 0 Å². The molecule has 0 bridgehead atoms. The summed E-state index contributed by atoms with van der Waals surface area (Å²) in [4.78, 5) is 14.1. The number of carbonyl (C=O) groups is 1. The first-order valence-corrected chi connectivity index (χ1v) is 6.93. The van der Waals surface area contributed by atoms with E-state index in [2.05, 4.69) is 37.9 Å². The predicted molar refractivity (Wildman–Crippen MR) is 77.4 cm³/mol. The van der Waals surface area contributed by atoms with Crippen LogP contribution >= 0.6 is 0 Å². The Labute approximate surface area is 112 Å². The van der Waals surface area contributed by atoms with Crippen LogP contribution in [0.1, 0.15) is 40.5 Å². The van der Waals surface area contributed by atoms with E-state index in [-0.39, 0.29) is 18.0 Å². The predicted octanol–water partition coefficient (Wildman–Crippen LogP) is 1.45. The summed E-state index contributed by atoms with van der Waals surface area (Å²) in [5, 5.41) is 3.08. The molecule has 0 heterocycles. The fraction of sp³-hybridized carbons (Fsp3) is 0.929. The van der Waals surface area contributed by atoms with Crippen molar-refractivity contribution >= 4 is 5.91 Å². The smallest absolute Gasteiger partial charge is 0.237 e. The van der Waals surface area contributed by atoms with E-state index in [1.54, 1.807) is 0 Å². The number of likely N-dealkylation sites (N-methyl/N-ethyl adjacent to an activating group) is 1. The molecule has 0 saturated carbocycles. The van der Waals surface area contributed by atoms with E-state index in [0.717, 1.165) is 19.4 Å². The third-order valence-electron chi connectivity index (χ3n) is 2.75. The highest BCUT2D eigenvalue weighted by Gasteiger charge is 2.20. The quantitative estimate of drug-likeness (QED) is 0.692. The van der Waals surface area contributed by atoms with E-state index < -0.39 is 0 Å². The minimum absolute atomic E-state index is 0.0174. The van der Waals surface area contributed by atoms with Gasteiger partial charge in [-0.3, -0.25) is 4.79 Å². The van der Waals surface area contributed by atoms with E-state index in [1.807, 2.05) is 14.1 Å². The van der Waals surface area contributed by atoms with Gasteiger partial charge in [0.05, 0.1) is 6.04 Å². The lowest BCUT2D eigenvalue weighted by molar-refractivity contribution is -0.123. The molecule has 0 aromatic carbocycles. The summed E-state index contributed by atoms with van der Waals surface area (Å²) < 4.78 is 0. The lowest BCUT2D eigenvalue weighted by atomic mass is 10.0. The summed E-state index contributed by atoms with van der Waals surface area (Å²) in [7, 11) is 4.04. The third kappa shape index (κ3) is 8.48. The second-order valence-corrected chi connectivity index (χ2v) is 6.33. The molecule has 0 rings (SSSR count). The fourth-order valence-corrected chi connectivity index (χ4v) is 2.11. The molecule has 0 aliphatic rings. The van der Waals surface area contributed by atoms with Crippen LogP contribution in [0.3, 0.4) is 0 Å². The maximum absolute atomic E-state index is 12.0. The molecule has 4 nitrogen and oxygen atoms in total. The van der Waals surface area contributed by atoms with E-state index >= 15 is 0 Å². The summed E-state index contributed by atoms with van der Waals surface area (Å²) in [6.45, 7) is 9.36. The molecule has 1 unspecified atom stereocenters. The van der Waals surface area contributed by atoms with Crippen molar-refractivity contribution in [3.8, 4) is 0 Å². The van der Waals surface area contributed by atoms with Gasteiger partial charge in [0, 0.05) is 12.6 Å².